The first kappa shape index (κ1) is 20.2. The molecule has 10 nitrogen and oxygen atoms in total. The van der Waals surface area contributed by atoms with Crippen LogP contribution in [0.3, 0.4) is 0 Å². The number of fused-ring (bicyclic) bond motifs is 2. The summed E-state index contributed by atoms with van der Waals surface area (Å²) in [5, 5.41) is 11.8. The first-order valence-electron chi connectivity index (χ1n) is 10.9. The van der Waals surface area contributed by atoms with Gasteiger partial charge in [-0.25, -0.2) is 15.0 Å². The Labute approximate surface area is 194 Å². The molecule has 0 atom stereocenters. The summed E-state index contributed by atoms with van der Waals surface area (Å²) in [4.78, 5) is 25.8. The summed E-state index contributed by atoms with van der Waals surface area (Å²) in [6.45, 7) is 0. The van der Waals surface area contributed by atoms with Crippen LogP contribution in [0.2, 0.25) is 0 Å². The SMILES string of the molecule is CNc1ncc(-c2nc3cc(Oc4ccn(C)n4)ccc3o2)c2cc(NC(=O)C3CC3)ncc12. The number of nitrogens with zero attached hydrogens (tertiary/aromatic N) is 5. The molecule has 170 valence electrons. The van der Waals surface area contributed by atoms with Crippen molar-refractivity contribution in [2.75, 3.05) is 17.7 Å². The minimum Gasteiger partial charge on any atom is -0.437 e. The zero-order chi connectivity index (χ0) is 23.2. The van der Waals surface area contributed by atoms with Gasteiger partial charge in [-0.05, 0) is 31.0 Å². The van der Waals surface area contributed by atoms with Crippen molar-refractivity contribution in [2.24, 2.45) is 13.0 Å². The van der Waals surface area contributed by atoms with Crippen LogP contribution in [0, 0.1) is 5.92 Å². The van der Waals surface area contributed by atoms with E-state index in [1.807, 2.05) is 31.4 Å². The van der Waals surface area contributed by atoms with Crippen molar-refractivity contribution in [3.05, 3.63) is 48.9 Å². The minimum atomic E-state index is -0.00130. The highest BCUT2D eigenvalue weighted by Crippen LogP contribution is 2.35. The molecule has 0 saturated heterocycles. The maximum absolute atomic E-state index is 12.2. The quantitative estimate of drug-likeness (QED) is 0.388. The third-order valence-electron chi connectivity index (χ3n) is 5.71. The van der Waals surface area contributed by atoms with Crippen molar-refractivity contribution in [1.82, 2.24) is 24.7 Å². The van der Waals surface area contributed by atoms with E-state index in [2.05, 4.69) is 30.7 Å². The predicted molar refractivity (Wildman–Crippen MR) is 127 cm³/mol. The van der Waals surface area contributed by atoms with Crippen molar-refractivity contribution in [3.8, 4) is 23.1 Å². The van der Waals surface area contributed by atoms with E-state index in [4.69, 9.17) is 9.15 Å². The first-order chi connectivity index (χ1) is 16.6. The van der Waals surface area contributed by atoms with Gasteiger partial charge in [-0.15, -0.1) is 5.10 Å². The molecule has 2 N–H and O–H groups in total. The van der Waals surface area contributed by atoms with Crippen molar-refractivity contribution in [2.45, 2.75) is 12.8 Å². The zero-order valence-electron chi connectivity index (χ0n) is 18.6. The van der Waals surface area contributed by atoms with Gasteiger partial charge in [0.2, 0.25) is 17.7 Å². The first-order valence-corrected chi connectivity index (χ1v) is 10.9. The van der Waals surface area contributed by atoms with Crippen LogP contribution in [0.1, 0.15) is 12.8 Å². The molecule has 4 aromatic heterocycles. The lowest BCUT2D eigenvalue weighted by molar-refractivity contribution is -0.117. The van der Waals surface area contributed by atoms with E-state index in [1.54, 1.807) is 36.3 Å². The van der Waals surface area contributed by atoms with Crippen molar-refractivity contribution >= 4 is 39.4 Å². The number of carbonyl (C=O) groups excluding carboxylic acids is 1. The Hall–Kier alpha value is -4.47. The summed E-state index contributed by atoms with van der Waals surface area (Å²) in [5.74, 6) is 2.76. The number of oxazole rings is 1. The normalized spacial score (nSPS) is 13.4. The standard InChI is InChI=1S/C24H21N7O3/c1-25-22-16-11-26-20(29-23(32)13-3-4-13)10-15(16)17(12-27-22)24-28-18-9-14(5-6-19(18)34-24)33-21-7-8-31(2)30-21/h5-13H,3-4H2,1-2H3,(H,25,27)(H,26,29,32). The second kappa shape index (κ2) is 7.84. The molecular weight excluding hydrogens is 434 g/mol. The average Bonchev–Trinajstić information content (AvgIpc) is 3.49. The monoisotopic (exact) mass is 455 g/mol. The zero-order valence-corrected chi connectivity index (χ0v) is 18.6. The molecule has 4 heterocycles. The summed E-state index contributed by atoms with van der Waals surface area (Å²) < 4.78 is 13.5. The van der Waals surface area contributed by atoms with Crippen LogP contribution in [0.15, 0.2) is 53.3 Å². The molecule has 34 heavy (non-hydrogen) atoms. The molecule has 1 aliphatic carbocycles. The maximum atomic E-state index is 12.2. The topological polar surface area (TPSA) is 120 Å². The second-order valence-electron chi connectivity index (χ2n) is 8.23. The fourth-order valence-corrected chi connectivity index (χ4v) is 3.80. The highest BCUT2D eigenvalue weighted by atomic mass is 16.5. The van der Waals surface area contributed by atoms with Crippen LogP contribution in [-0.4, -0.2) is 37.7 Å². The highest BCUT2D eigenvalue weighted by Gasteiger charge is 2.30. The van der Waals surface area contributed by atoms with Gasteiger partial charge in [0, 0.05) is 61.5 Å². The molecule has 10 heteroatoms. The number of hydrogen-bond donors (Lipinski definition) is 2. The Morgan fingerprint density at radius 2 is 2.03 bits per heavy atom. The van der Waals surface area contributed by atoms with E-state index in [0.29, 0.717) is 45.8 Å². The third-order valence-corrected chi connectivity index (χ3v) is 5.71. The molecule has 1 amide bonds. The van der Waals surface area contributed by atoms with E-state index in [-0.39, 0.29) is 11.8 Å². The summed E-state index contributed by atoms with van der Waals surface area (Å²) in [6.07, 6.45) is 7.06. The molecule has 1 saturated carbocycles. The van der Waals surface area contributed by atoms with Crippen LogP contribution in [0.4, 0.5) is 11.6 Å². The molecule has 0 aliphatic heterocycles. The van der Waals surface area contributed by atoms with Crippen molar-refractivity contribution in [3.63, 3.8) is 0 Å². The maximum Gasteiger partial charge on any atom is 0.238 e. The average molecular weight is 455 g/mol. The van der Waals surface area contributed by atoms with Crippen LogP contribution >= 0.6 is 0 Å². The number of hydrogen-bond acceptors (Lipinski definition) is 8. The molecule has 1 aromatic carbocycles. The fraction of sp³-hybridized carbons (Fsp3) is 0.208. The lowest BCUT2D eigenvalue weighted by Crippen LogP contribution is -2.14. The van der Waals surface area contributed by atoms with Crippen LogP contribution in [-0.2, 0) is 11.8 Å². The van der Waals surface area contributed by atoms with Crippen LogP contribution in [0.5, 0.6) is 11.6 Å². The third kappa shape index (κ3) is 3.68. The minimum absolute atomic E-state index is 0.00130. The van der Waals surface area contributed by atoms with Crippen molar-refractivity contribution < 1.29 is 13.9 Å². The van der Waals surface area contributed by atoms with Gasteiger partial charge in [0.05, 0.1) is 5.56 Å². The largest absolute Gasteiger partial charge is 0.437 e. The number of aryl methyl sites for hydroxylation is 1. The predicted octanol–water partition coefficient (Wildman–Crippen LogP) is 4.35. The Balaban J connectivity index is 1.40. The lowest BCUT2D eigenvalue weighted by atomic mass is 10.1. The van der Waals surface area contributed by atoms with E-state index >= 15 is 0 Å². The van der Waals surface area contributed by atoms with E-state index < -0.39 is 0 Å². The number of benzene rings is 1. The Morgan fingerprint density at radius 3 is 2.79 bits per heavy atom. The number of carbonyl (C=O) groups is 1. The summed E-state index contributed by atoms with van der Waals surface area (Å²) >= 11 is 0. The van der Waals surface area contributed by atoms with Gasteiger partial charge in [0.1, 0.15) is 22.9 Å². The van der Waals surface area contributed by atoms with Crippen LogP contribution < -0.4 is 15.4 Å². The molecule has 1 aliphatic rings. The van der Waals surface area contributed by atoms with Gasteiger partial charge >= 0.3 is 0 Å². The Morgan fingerprint density at radius 1 is 1.15 bits per heavy atom. The summed E-state index contributed by atoms with van der Waals surface area (Å²) in [5.41, 5.74) is 1.96. The van der Waals surface area contributed by atoms with E-state index in [1.165, 1.54) is 0 Å². The molecule has 6 rings (SSSR count). The van der Waals surface area contributed by atoms with E-state index in [9.17, 15) is 4.79 Å². The summed E-state index contributed by atoms with van der Waals surface area (Å²) in [6, 6.07) is 9.04. The number of anilines is 2. The second-order valence-corrected chi connectivity index (χ2v) is 8.23. The Bertz CT molecular complexity index is 1550. The smallest absolute Gasteiger partial charge is 0.238 e. The molecular formula is C24H21N7O3. The highest BCUT2D eigenvalue weighted by molar-refractivity contribution is 6.03. The van der Waals surface area contributed by atoms with Gasteiger partial charge in [-0.3, -0.25) is 9.48 Å². The number of pyridine rings is 2. The number of nitrogens with one attached hydrogen (secondary N) is 2. The van der Waals surface area contributed by atoms with Gasteiger partial charge in [-0.1, -0.05) is 0 Å². The molecule has 0 spiro atoms. The van der Waals surface area contributed by atoms with Gasteiger partial charge in [0.25, 0.3) is 0 Å². The van der Waals surface area contributed by atoms with Gasteiger partial charge in [-0.2, -0.15) is 0 Å². The van der Waals surface area contributed by atoms with Crippen molar-refractivity contribution in [1.29, 1.82) is 0 Å². The number of aromatic nitrogens is 5. The van der Waals surface area contributed by atoms with Crippen LogP contribution in [0.25, 0.3) is 33.3 Å². The molecule has 5 aromatic rings. The lowest BCUT2D eigenvalue weighted by Gasteiger charge is -2.10. The fourth-order valence-electron chi connectivity index (χ4n) is 3.80. The van der Waals surface area contributed by atoms with E-state index in [0.717, 1.165) is 23.6 Å². The molecule has 1 fully saturated rings. The van der Waals surface area contributed by atoms with Gasteiger partial charge in [0.15, 0.2) is 5.58 Å². The molecule has 0 radical (unpaired) electrons. The Kier molecular flexibility index (Phi) is 4.65. The van der Waals surface area contributed by atoms with Gasteiger partial charge < -0.3 is 19.8 Å². The molecule has 0 bridgehead atoms. The number of ether oxygens (including phenoxy) is 1. The number of rotatable bonds is 6. The summed E-state index contributed by atoms with van der Waals surface area (Å²) in [7, 11) is 3.63. The molecule has 0 unspecified atom stereocenters. The number of amides is 1.